The fraction of sp³-hybridized carbons (Fsp3) is 0.533. The van der Waals surface area contributed by atoms with E-state index >= 15 is 0 Å². The van der Waals surface area contributed by atoms with Gasteiger partial charge in [-0.2, -0.15) is 0 Å². The number of aryl methyl sites for hydroxylation is 1. The molecule has 2 rings (SSSR count). The Morgan fingerprint density at radius 2 is 2.26 bits per heavy atom. The van der Waals surface area contributed by atoms with Gasteiger partial charge in [0.25, 0.3) is 0 Å². The maximum absolute atomic E-state index is 14.0. The summed E-state index contributed by atoms with van der Waals surface area (Å²) >= 11 is 0. The van der Waals surface area contributed by atoms with Crippen molar-refractivity contribution in [2.45, 2.75) is 39.3 Å². The second kappa shape index (κ2) is 5.70. The zero-order valence-corrected chi connectivity index (χ0v) is 11.4. The van der Waals surface area contributed by atoms with Gasteiger partial charge in [-0.1, -0.05) is 18.2 Å². The zero-order valence-electron chi connectivity index (χ0n) is 11.4. The van der Waals surface area contributed by atoms with Gasteiger partial charge in [-0.25, -0.2) is 4.39 Å². The molecule has 0 saturated carbocycles. The topological polar surface area (TPSA) is 40.5 Å². The number of carboxylic acids is 1. The first-order valence-electron chi connectivity index (χ1n) is 6.71. The molecule has 1 saturated heterocycles. The van der Waals surface area contributed by atoms with E-state index < -0.39 is 5.97 Å². The van der Waals surface area contributed by atoms with Gasteiger partial charge in [-0.05, 0) is 38.8 Å². The summed E-state index contributed by atoms with van der Waals surface area (Å²) in [7, 11) is 0. The van der Waals surface area contributed by atoms with E-state index in [-0.39, 0.29) is 17.8 Å². The third-order valence-electron chi connectivity index (χ3n) is 4.08. The molecule has 19 heavy (non-hydrogen) atoms. The number of hydrogen-bond acceptors (Lipinski definition) is 2. The van der Waals surface area contributed by atoms with Crippen molar-refractivity contribution in [2.24, 2.45) is 5.92 Å². The Balaban J connectivity index is 2.14. The summed E-state index contributed by atoms with van der Waals surface area (Å²) < 4.78 is 14.0. The fourth-order valence-corrected chi connectivity index (χ4v) is 2.82. The number of aliphatic carboxylic acids is 1. The van der Waals surface area contributed by atoms with Gasteiger partial charge < -0.3 is 5.11 Å². The van der Waals surface area contributed by atoms with Crippen LogP contribution in [0.1, 0.15) is 30.9 Å². The van der Waals surface area contributed by atoms with E-state index in [1.165, 1.54) is 0 Å². The van der Waals surface area contributed by atoms with Crippen molar-refractivity contribution in [3.8, 4) is 0 Å². The molecule has 0 spiro atoms. The lowest BCUT2D eigenvalue weighted by atomic mass is 9.90. The van der Waals surface area contributed by atoms with Crippen molar-refractivity contribution in [1.82, 2.24) is 4.90 Å². The number of benzene rings is 1. The predicted molar refractivity (Wildman–Crippen MR) is 71.4 cm³/mol. The quantitative estimate of drug-likeness (QED) is 0.913. The molecule has 1 fully saturated rings. The van der Waals surface area contributed by atoms with E-state index in [9.17, 15) is 14.3 Å². The Labute approximate surface area is 113 Å². The lowest BCUT2D eigenvalue weighted by Crippen LogP contribution is -2.45. The minimum absolute atomic E-state index is 0.0498. The molecule has 0 unspecified atom stereocenters. The molecule has 0 bridgehead atoms. The lowest BCUT2D eigenvalue weighted by Gasteiger charge is -2.37. The number of halogens is 1. The number of hydrogen-bond donors (Lipinski definition) is 1. The minimum Gasteiger partial charge on any atom is -0.481 e. The fourth-order valence-electron chi connectivity index (χ4n) is 2.82. The Morgan fingerprint density at radius 3 is 2.95 bits per heavy atom. The van der Waals surface area contributed by atoms with E-state index in [2.05, 4.69) is 4.90 Å². The van der Waals surface area contributed by atoms with Crippen LogP contribution in [0.25, 0.3) is 0 Å². The average molecular weight is 265 g/mol. The standard InChI is InChI=1S/C15H20FNO2/c1-10-5-3-6-12(14(10)16)9-17-8-4-7-13(11(17)2)15(18)19/h3,5-6,11,13H,4,7-9H2,1-2H3,(H,18,19)/t11-,13-/m1/s1. The molecule has 1 aliphatic heterocycles. The second-order valence-electron chi connectivity index (χ2n) is 5.35. The number of rotatable bonds is 3. The summed E-state index contributed by atoms with van der Waals surface area (Å²) in [6.07, 6.45) is 1.57. The Kier molecular flexibility index (Phi) is 4.20. The molecule has 4 heteroatoms. The van der Waals surface area contributed by atoms with Gasteiger partial charge in [0.15, 0.2) is 0 Å². The molecular formula is C15H20FNO2. The van der Waals surface area contributed by atoms with Gasteiger partial charge >= 0.3 is 5.97 Å². The highest BCUT2D eigenvalue weighted by Gasteiger charge is 2.32. The maximum Gasteiger partial charge on any atom is 0.308 e. The monoisotopic (exact) mass is 265 g/mol. The van der Waals surface area contributed by atoms with E-state index in [0.29, 0.717) is 24.1 Å². The molecule has 1 heterocycles. The highest BCUT2D eigenvalue weighted by atomic mass is 19.1. The zero-order chi connectivity index (χ0) is 14.0. The van der Waals surface area contributed by atoms with Gasteiger partial charge in [-0.3, -0.25) is 9.69 Å². The minimum atomic E-state index is -0.748. The molecule has 0 aromatic heterocycles. The van der Waals surface area contributed by atoms with Crippen molar-refractivity contribution in [2.75, 3.05) is 6.54 Å². The van der Waals surface area contributed by atoms with Gasteiger partial charge in [0.05, 0.1) is 5.92 Å². The van der Waals surface area contributed by atoms with Crippen molar-refractivity contribution < 1.29 is 14.3 Å². The van der Waals surface area contributed by atoms with Crippen molar-refractivity contribution in [3.63, 3.8) is 0 Å². The normalized spacial score (nSPS) is 24.4. The van der Waals surface area contributed by atoms with E-state index in [4.69, 9.17) is 0 Å². The Bertz CT molecular complexity index is 475. The Morgan fingerprint density at radius 1 is 1.53 bits per heavy atom. The van der Waals surface area contributed by atoms with E-state index in [1.807, 2.05) is 13.0 Å². The third-order valence-corrected chi connectivity index (χ3v) is 4.08. The van der Waals surface area contributed by atoms with Crippen LogP contribution in [0.3, 0.4) is 0 Å². The van der Waals surface area contributed by atoms with Gasteiger partial charge in [-0.15, -0.1) is 0 Å². The molecule has 1 aromatic carbocycles. The van der Waals surface area contributed by atoms with Crippen LogP contribution in [-0.4, -0.2) is 28.6 Å². The summed E-state index contributed by atoms with van der Waals surface area (Å²) in [4.78, 5) is 13.3. The molecular weight excluding hydrogens is 245 g/mol. The van der Waals surface area contributed by atoms with Crippen LogP contribution in [0.5, 0.6) is 0 Å². The highest BCUT2D eigenvalue weighted by Crippen LogP contribution is 2.26. The summed E-state index contributed by atoms with van der Waals surface area (Å²) in [6, 6.07) is 5.32. The average Bonchev–Trinajstić information content (AvgIpc) is 2.37. The largest absolute Gasteiger partial charge is 0.481 e. The number of nitrogens with zero attached hydrogens (tertiary/aromatic N) is 1. The van der Waals surface area contributed by atoms with Crippen LogP contribution >= 0.6 is 0 Å². The molecule has 0 radical (unpaired) electrons. The SMILES string of the molecule is Cc1cccc(CN2CCC[C@@H](C(=O)O)[C@H]2C)c1F. The summed E-state index contributed by atoms with van der Waals surface area (Å²) in [6.45, 7) is 4.99. The van der Waals surface area contributed by atoms with Gasteiger partial charge in [0, 0.05) is 18.2 Å². The van der Waals surface area contributed by atoms with Gasteiger partial charge in [0.1, 0.15) is 5.82 Å². The van der Waals surface area contributed by atoms with Crippen molar-refractivity contribution in [3.05, 3.63) is 35.1 Å². The highest BCUT2D eigenvalue weighted by molar-refractivity contribution is 5.70. The van der Waals surface area contributed by atoms with E-state index in [1.54, 1.807) is 19.1 Å². The molecule has 0 amide bonds. The number of likely N-dealkylation sites (tertiary alicyclic amines) is 1. The third kappa shape index (κ3) is 2.95. The van der Waals surface area contributed by atoms with Gasteiger partial charge in [0.2, 0.25) is 0 Å². The molecule has 0 aliphatic carbocycles. The van der Waals surface area contributed by atoms with Crippen LogP contribution in [-0.2, 0) is 11.3 Å². The Hall–Kier alpha value is -1.42. The number of carbonyl (C=O) groups is 1. The van der Waals surface area contributed by atoms with Crippen LogP contribution in [0.15, 0.2) is 18.2 Å². The van der Waals surface area contributed by atoms with Crippen LogP contribution in [0, 0.1) is 18.7 Å². The lowest BCUT2D eigenvalue weighted by molar-refractivity contribution is -0.145. The molecule has 104 valence electrons. The molecule has 1 aromatic rings. The van der Waals surface area contributed by atoms with Crippen LogP contribution in [0.2, 0.25) is 0 Å². The first kappa shape index (κ1) is 14.0. The number of carboxylic acid groups (broad SMARTS) is 1. The molecule has 3 nitrogen and oxygen atoms in total. The van der Waals surface area contributed by atoms with Crippen molar-refractivity contribution in [1.29, 1.82) is 0 Å². The molecule has 1 N–H and O–H groups in total. The maximum atomic E-state index is 14.0. The van der Waals surface area contributed by atoms with Crippen molar-refractivity contribution >= 4 is 5.97 Å². The first-order valence-corrected chi connectivity index (χ1v) is 6.71. The van der Waals surface area contributed by atoms with Crippen LogP contribution in [0.4, 0.5) is 4.39 Å². The summed E-state index contributed by atoms with van der Waals surface area (Å²) in [5.41, 5.74) is 1.29. The summed E-state index contributed by atoms with van der Waals surface area (Å²) in [5.74, 6) is -1.27. The predicted octanol–water partition coefficient (Wildman–Crippen LogP) is 2.82. The summed E-state index contributed by atoms with van der Waals surface area (Å²) in [5, 5.41) is 9.19. The van der Waals surface area contributed by atoms with Crippen LogP contribution < -0.4 is 0 Å². The molecule has 1 aliphatic rings. The smallest absolute Gasteiger partial charge is 0.308 e. The second-order valence-corrected chi connectivity index (χ2v) is 5.35. The molecule has 2 atom stereocenters. The first-order chi connectivity index (χ1) is 9.00. The van der Waals surface area contributed by atoms with E-state index in [0.717, 1.165) is 13.0 Å². The number of piperidine rings is 1.